The molecule has 7 nitrogen and oxygen atoms in total. The summed E-state index contributed by atoms with van der Waals surface area (Å²) in [5, 5.41) is 17.8. The van der Waals surface area contributed by atoms with E-state index in [1.54, 1.807) is 30.5 Å². The van der Waals surface area contributed by atoms with Crippen LogP contribution in [0.5, 0.6) is 5.75 Å². The van der Waals surface area contributed by atoms with E-state index in [-0.39, 0.29) is 11.6 Å². The number of allylic oxidation sites excluding steroid dienone is 2. The molecule has 0 aliphatic carbocycles. The Kier molecular flexibility index (Phi) is 5.48. The molecule has 1 aromatic heterocycles. The van der Waals surface area contributed by atoms with Crippen LogP contribution in [0.1, 0.15) is 24.0 Å². The molecular weight excluding hydrogens is 328 g/mol. The van der Waals surface area contributed by atoms with Crippen LogP contribution in [-0.4, -0.2) is 28.0 Å². The summed E-state index contributed by atoms with van der Waals surface area (Å²) >= 11 is 0. The Morgan fingerprint density at radius 2 is 1.96 bits per heavy atom. The molecule has 1 fully saturated rings. The average Bonchev–Trinajstić information content (AvgIpc) is 3.08. The topological polar surface area (TPSA) is 128 Å². The highest BCUT2D eigenvalue weighted by molar-refractivity contribution is 5.84. The minimum Gasteiger partial charge on any atom is -0.507 e. The fraction of sp³-hybridized carbons (Fsp3) is 0.316. The summed E-state index contributed by atoms with van der Waals surface area (Å²) in [6.45, 7) is 2.98. The molecular formula is C19H26N6O. The van der Waals surface area contributed by atoms with Gasteiger partial charge in [-0.15, -0.1) is 0 Å². The van der Waals surface area contributed by atoms with Gasteiger partial charge in [0.25, 0.3) is 0 Å². The van der Waals surface area contributed by atoms with Crippen molar-refractivity contribution in [2.45, 2.75) is 19.4 Å². The Bertz CT molecular complexity index is 813. The number of hydrogen-bond donors (Lipinski definition) is 5. The lowest BCUT2D eigenvalue weighted by atomic mass is 9.98. The Morgan fingerprint density at radius 3 is 2.65 bits per heavy atom. The van der Waals surface area contributed by atoms with Gasteiger partial charge in [-0.05, 0) is 50.1 Å². The minimum atomic E-state index is 0.109. The molecule has 0 amide bonds. The van der Waals surface area contributed by atoms with Gasteiger partial charge >= 0.3 is 0 Å². The van der Waals surface area contributed by atoms with Gasteiger partial charge in [0.05, 0.1) is 6.20 Å². The van der Waals surface area contributed by atoms with Gasteiger partial charge in [-0.3, -0.25) is 4.68 Å². The van der Waals surface area contributed by atoms with Gasteiger partial charge in [0, 0.05) is 35.1 Å². The fourth-order valence-electron chi connectivity index (χ4n) is 3.22. The van der Waals surface area contributed by atoms with Crippen molar-refractivity contribution in [1.82, 2.24) is 15.1 Å². The van der Waals surface area contributed by atoms with Crippen molar-refractivity contribution in [3.8, 4) is 5.75 Å². The van der Waals surface area contributed by atoms with Gasteiger partial charge in [0.1, 0.15) is 11.6 Å². The summed E-state index contributed by atoms with van der Waals surface area (Å²) < 4.78 is 1.93. The second-order valence-corrected chi connectivity index (χ2v) is 6.63. The van der Waals surface area contributed by atoms with Crippen LogP contribution in [-0.2, 0) is 6.54 Å². The minimum absolute atomic E-state index is 0.109. The highest BCUT2D eigenvalue weighted by Gasteiger charge is 2.15. The molecule has 26 heavy (non-hydrogen) atoms. The molecule has 0 saturated carbocycles. The van der Waals surface area contributed by atoms with Crippen molar-refractivity contribution in [2.24, 2.45) is 23.1 Å². The predicted molar refractivity (Wildman–Crippen MR) is 103 cm³/mol. The molecule has 7 heteroatoms. The smallest absolute Gasteiger partial charge is 0.124 e. The van der Waals surface area contributed by atoms with Gasteiger partial charge in [-0.2, -0.15) is 5.10 Å². The van der Waals surface area contributed by atoms with Crippen molar-refractivity contribution in [3.63, 3.8) is 0 Å². The van der Waals surface area contributed by atoms with E-state index in [1.807, 2.05) is 16.9 Å². The van der Waals surface area contributed by atoms with Gasteiger partial charge in [0.2, 0.25) is 0 Å². The number of aromatic nitrogens is 2. The van der Waals surface area contributed by atoms with Crippen LogP contribution < -0.4 is 22.5 Å². The first-order valence-electron chi connectivity index (χ1n) is 8.79. The van der Waals surface area contributed by atoms with Crippen LogP contribution in [0.4, 0.5) is 0 Å². The summed E-state index contributed by atoms with van der Waals surface area (Å²) in [7, 11) is 0. The third-order valence-electron chi connectivity index (χ3n) is 4.67. The second kappa shape index (κ2) is 7.97. The maximum atomic E-state index is 9.97. The maximum absolute atomic E-state index is 9.97. The number of piperidine rings is 1. The van der Waals surface area contributed by atoms with Crippen molar-refractivity contribution >= 4 is 11.3 Å². The van der Waals surface area contributed by atoms with Gasteiger partial charge < -0.3 is 27.6 Å². The van der Waals surface area contributed by atoms with Crippen LogP contribution in [0.25, 0.3) is 11.3 Å². The number of rotatable bonds is 5. The molecule has 0 bridgehead atoms. The van der Waals surface area contributed by atoms with Crippen molar-refractivity contribution < 1.29 is 5.11 Å². The summed E-state index contributed by atoms with van der Waals surface area (Å²) in [6, 6.07) is 6.88. The molecule has 8 N–H and O–H groups in total. The fourth-order valence-corrected chi connectivity index (χ4v) is 3.22. The zero-order chi connectivity index (χ0) is 18.5. The van der Waals surface area contributed by atoms with E-state index >= 15 is 0 Å². The zero-order valence-corrected chi connectivity index (χ0v) is 14.7. The lowest BCUT2D eigenvalue weighted by Crippen LogP contribution is -2.29. The summed E-state index contributed by atoms with van der Waals surface area (Å²) in [5.74, 6) is 0.885. The number of hydrogen-bond acceptors (Lipinski definition) is 6. The molecule has 0 radical (unpaired) electrons. The van der Waals surface area contributed by atoms with Crippen LogP contribution in [0.2, 0.25) is 0 Å². The zero-order valence-electron chi connectivity index (χ0n) is 14.7. The van der Waals surface area contributed by atoms with E-state index in [2.05, 4.69) is 10.4 Å². The van der Waals surface area contributed by atoms with Gasteiger partial charge in [-0.25, -0.2) is 0 Å². The van der Waals surface area contributed by atoms with Crippen LogP contribution in [0, 0.1) is 5.92 Å². The van der Waals surface area contributed by atoms with Crippen molar-refractivity contribution in [2.75, 3.05) is 13.1 Å². The highest BCUT2D eigenvalue weighted by Crippen LogP contribution is 2.25. The number of nitrogens with zero attached hydrogens (tertiary/aromatic N) is 2. The van der Waals surface area contributed by atoms with Crippen LogP contribution in [0.15, 0.2) is 48.6 Å². The number of nitrogens with two attached hydrogens (primary N) is 3. The summed E-state index contributed by atoms with van der Waals surface area (Å²) in [4.78, 5) is 0. The molecule has 0 unspecified atom stereocenters. The Hall–Kier alpha value is -2.93. The normalized spacial score (nSPS) is 15.8. The quantitative estimate of drug-likeness (QED) is 0.513. The van der Waals surface area contributed by atoms with Gasteiger partial charge in [0.15, 0.2) is 0 Å². The first kappa shape index (κ1) is 17.9. The molecule has 3 rings (SSSR count). The molecule has 1 aromatic carbocycles. The Balaban J connectivity index is 1.82. The number of phenolic OH excluding ortho intramolecular Hbond substituents is 1. The number of aromatic hydroxyl groups is 1. The first-order valence-corrected chi connectivity index (χ1v) is 8.79. The summed E-state index contributed by atoms with van der Waals surface area (Å²) in [6.07, 6.45) is 7.65. The standard InChI is InChI=1S/C19H26N6O/c20-17(15-3-1-2-4-18(15)26)9-16(19(21)22)14-10-24-25(12-14)11-13-5-7-23-8-6-13/h1-4,9-10,12-13,23,26H,5-8,11,20-22H2/b17-9-. The van der Waals surface area contributed by atoms with E-state index in [9.17, 15) is 5.11 Å². The molecule has 0 spiro atoms. The Morgan fingerprint density at radius 1 is 1.23 bits per heavy atom. The molecule has 1 aliphatic heterocycles. The third kappa shape index (κ3) is 4.18. The van der Waals surface area contributed by atoms with Crippen LogP contribution >= 0.6 is 0 Å². The first-order chi connectivity index (χ1) is 12.5. The highest BCUT2D eigenvalue weighted by atomic mass is 16.3. The second-order valence-electron chi connectivity index (χ2n) is 6.63. The number of benzene rings is 1. The SMILES string of the molecule is NC(N)=C(/C=C(\N)c1ccccc1O)c1cnn(CC2CCNCC2)c1. The van der Waals surface area contributed by atoms with E-state index in [0.29, 0.717) is 22.8 Å². The van der Waals surface area contributed by atoms with E-state index in [1.165, 1.54) is 0 Å². The molecule has 2 heterocycles. The molecule has 0 atom stereocenters. The van der Waals surface area contributed by atoms with E-state index < -0.39 is 0 Å². The lowest BCUT2D eigenvalue weighted by Gasteiger charge is -2.22. The third-order valence-corrected chi connectivity index (χ3v) is 4.67. The number of nitrogens with one attached hydrogen (secondary N) is 1. The molecule has 1 aliphatic rings. The largest absolute Gasteiger partial charge is 0.507 e. The monoisotopic (exact) mass is 354 g/mol. The average molecular weight is 354 g/mol. The van der Waals surface area contributed by atoms with E-state index in [0.717, 1.165) is 38.0 Å². The van der Waals surface area contributed by atoms with Gasteiger partial charge in [-0.1, -0.05) is 12.1 Å². The molecule has 138 valence electrons. The predicted octanol–water partition coefficient (Wildman–Crippen LogP) is 1.17. The lowest BCUT2D eigenvalue weighted by molar-refractivity contribution is 0.321. The van der Waals surface area contributed by atoms with Crippen molar-refractivity contribution in [1.29, 1.82) is 0 Å². The molecule has 2 aromatic rings. The van der Waals surface area contributed by atoms with E-state index in [4.69, 9.17) is 17.2 Å². The Labute approximate surface area is 153 Å². The maximum Gasteiger partial charge on any atom is 0.124 e. The van der Waals surface area contributed by atoms with Crippen LogP contribution in [0.3, 0.4) is 0 Å². The molecule has 1 saturated heterocycles. The number of para-hydroxylation sites is 1. The van der Waals surface area contributed by atoms with Crippen molar-refractivity contribution in [3.05, 3.63) is 59.7 Å². The summed E-state index contributed by atoms with van der Waals surface area (Å²) in [5.41, 5.74) is 20.2. The number of phenols is 1.